The molecule has 0 aliphatic rings. The highest BCUT2D eigenvalue weighted by Gasteiger charge is 2.16. The molecular weight excluding hydrogens is 344 g/mol. The molecule has 0 aromatic heterocycles. The van der Waals surface area contributed by atoms with E-state index >= 15 is 0 Å². The van der Waals surface area contributed by atoms with E-state index in [-0.39, 0.29) is 0 Å². The number of hydrogen-bond acceptors (Lipinski definition) is 5. The summed E-state index contributed by atoms with van der Waals surface area (Å²) in [6.07, 6.45) is 5.76. The molecule has 0 aliphatic carbocycles. The third kappa shape index (κ3) is 8.85. The Morgan fingerprint density at radius 3 is 2.11 bits per heavy atom. The van der Waals surface area contributed by atoms with Crippen molar-refractivity contribution in [2.75, 3.05) is 19.8 Å². The lowest BCUT2D eigenvalue weighted by Crippen LogP contribution is -2.22. The van der Waals surface area contributed by atoms with Crippen molar-refractivity contribution in [1.29, 1.82) is 0 Å². The van der Waals surface area contributed by atoms with Crippen molar-refractivity contribution >= 4 is 12.0 Å². The van der Waals surface area contributed by atoms with Crippen LogP contribution in [0.4, 0.5) is 0 Å². The first-order valence-electron chi connectivity index (χ1n) is 9.78. The molecule has 0 amide bonds. The fraction of sp³-hybridized carbons (Fsp3) is 0.591. The van der Waals surface area contributed by atoms with Crippen molar-refractivity contribution in [2.45, 2.75) is 66.4 Å². The van der Waals surface area contributed by atoms with E-state index in [0.29, 0.717) is 37.1 Å². The minimum absolute atomic E-state index is 0.403. The molecule has 1 rings (SSSR count). The minimum atomic E-state index is -0.537. The normalized spacial score (nSPS) is 11.5. The summed E-state index contributed by atoms with van der Waals surface area (Å²) in [5.74, 6) is 1.53. The predicted molar refractivity (Wildman–Crippen MR) is 109 cm³/mol. The van der Waals surface area contributed by atoms with Crippen LogP contribution in [0.2, 0.25) is 0 Å². The summed E-state index contributed by atoms with van der Waals surface area (Å²) in [7, 11) is 0. The summed E-state index contributed by atoms with van der Waals surface area (Å²) in [6.45, 7) is 13.4. The van der Waals surface area contributed by atoms with E-state index in [1.807, 2.05) is 46.8 Å². The summed E-state index contributed by atoms with van der Waals surface area (Å²) < 4.78 is 22.9. The van der Waals surface area contributed by atoms with E-state index in [2.05, 4.69) is 6.92 Å². The van der Waals surface area contributed by atoms with Gasteiger partial charge in [-0.3, -0.25) is 0 Å². The molecule has 0 saturated heterocycles. The molecule has 1 aromatic carbocycles. The van der Waals surface area contributed by atoms with Gasteiger partial charge < -0.3 is 18.9 Å². The van der Waals surface area contributed by atoms with Crippen LogP contribution < -0.4 is 14.2 Å². The van der Waals surface area contributed by atoms with Crippen molar-refractivity contribution in [3.8, 4) is 17.2 Å². The molecule has 0 aliphatic heterocycles. The lowest BCUT2D eigenvalue weighted by Gasteiger charge is -2.18. The molecule has 0 spiro atoms. The SMILES string of the molecule is CCCOc1cc(C=CC(=O)OC(C)(C)C)c(OCCC)c(OCCC)c1. The van der Waals surface area contributed by atoms with E-state index in [1.165, 1.54) is 6.08 Å². The van der Waals surface area contributed by atoms with Crippen molar-refractivity contribution in [3.63, 3.8) is 0 Å². The average Bonchev–Trinajstić information content (AvgIpc) is 2.60. The van der Waals surface area contributed by atoms with Crippen LogP contribution in [0.25, 0.3) is 6.08 Å². The zero-order valence-corrected chi connectivity index (χ0v) is 17.6. The Labute approximate surface area is 163 Å². The Morgan fingerprint density at radius 2 is 1.52 bits per heavy atom. The molecule has 5 nitrogen and oxygen atoms in total. The first kappa shape index (κ1) is 22.9. The molecule has 0 bridgehead atoms. The molecule has 0 saturated carbocycles. The summed E-state index contributed by atoms with van der Waals surface area (Å²) >= 11 is 0. The second kappa shape index (κ2) is 11.5. The van der Waals surface area contributed by atoms with Gasteiger partial charge in [0.1, 0.15) is 11.4 Å². The molecule has 0 heterocycles. The monoisotopic (exact) mass is 378 g/mol. The van der Waals surface area contributed by atoms with Crippen LogP contribution in [-0.4, -0.2) is 31.4 Å². The highest BCUT2D eigenvalue weighted by atomic mass is 16.6. The molecular formula is C22H34O5. The number of carbonyl (C=O) groups is 1. The molecule has 5 heteroatoms. The molecule has 0 radical (unpaired) electrons. The van der Waals surface area contributed by atoms with Gasteiger partial charge in [-0.15, -0.1) is 0 Å². The second-order valence-corrected chi connectivity index (χ2v) is 7.25. The van der Waals surface area contributed by atoms with Gasteiger partial charge in [0.25, 0.3) is 0 Å². The highest BCUT2D eigenvalue weighted by Crippen LogP contribution is 2.37. The van der Waals surface area contributed by atoms with Crippen LogP contribution in [0.1, 0.15) is 66.4 Å². The molecule has 0 N–H and O–H groups in total. The summed E-state index contributed by atoms with van der Waals surface area (Å²) in [5.41, 5.74) is 0.193. The van der Waals surface area contributed by atoms with E-state index in [9.17, 15) is 4.79 Å². The fourth-order valence-electron chi connectivity index (χ4n) is 2.20. The van der Waals surface area contributed by atoms with E-state index in [1.54, 1.807) is 6.08 Å². The lowest BCUT2D eigenvalue weighted by atomic mass is 10.1. The van der Waals surface area contributed by atoms with Gasteiger partial charge in [-0.1, -0.05) is 20.8 Å². The first-order valence-corrected chi connectivity index (χ1v) is 9.78. The molecule has 1 aromatic rings. The van der Waals surface area contributed by atoms with Crippen LogP contribution in [0.5, 0.6) is 17.2 Å². The maximum atomic E-state index is 12.1. The fourth-order valence-corrected chi connectivity index (χ4v) is 2.20. The zero-order valence-electron chi connectivity index (χ0n) is 17.6. The van der Waals surface area contributed by atoms with Crippen LogP contribution >= 0.6 is 0 Å². The maximum absolute atomic E-state index is 12.1. The summed E-state index contributed by atoms with van der Waals surface area (Å²) in [5, 5.41) is 0. The van der Waals surface area contributed by atoms with Crippen LogP contribution in [0.3, 0.4) is 0 Å². The smallest absolute Gasteiger partial charge is 0.331 e. The van der Waals surface area contributed by atoms with Gasteiger partial charge in [-0.25, -0.2) is 4.79 Å². The third-order valence-corrected chi connectivity index (χ3v) is 3.25. The highest BCUT2D eigenvalue weighted by molar-refractivity contribution is 5.88. The van der Waals surface area contributed by atoms with Crippen molar-refractivity contribution in [2.24, 2.45) is 0 Å². The average molecular weight is 379 g/mol. The van der Waals surface area contributed by atoms with Gasteiger partial charge >= 0.3 is 5.97 Å². The lowest BCUT2D eigenvalue weighted by molar-refractivity contribution is -0.148. The topological polar surface area (TPSA) is 54.0 Å². The van der Waals surface area contributed by atoms with Crippen LogP contribution in [0.15, 0.2) is 18.2 Å². The third-order valence-electron chi connectivity index (χ3n) is 3.25. The van der Waals surface area contributed by atoms with Gasteiger partial charge in [-0.05, 0) is 52.2 Å². The van der Waals surface area contributed by atoms with E-state index in [4.69, 9.17) is 18.9 Å². The maximum Gasteiger partial charge on any atom is 0.331 e. The number of rotatable bonds is 11. The van der Waals surface area contributed by atoms with Crippen molar-refractivity contribution < 1.29 is 23.7 Å². The van der Waals surface area contributed by atoms with Gasteiger partial charge in [0.05, 0.1) is 19.8 Å². The largest absolute Gasteiger partial charge is 0.493 e. The minimum Gasteiger partial charge on any atom is -0.493 e. The van der Waals surface area contributed by atoms with Gasteiger partial charge in [0.2, 0.25) is 0 Å². The Morgan fingerprint density at radius 1 is 0.926 bits per heavy atom. The quantitative estimate of drug-likeness (QED) is 0.381. The van der Waals surface area contributed by atoms with Gasteiger partial charge in [0, 0.05) is 17.7 Å². The Bertz CT molecular complexity index is 614. The molecule has 0 fully saturated rings. The first-order chi connectivity index (χ1) is 12.8. The molecule has 152 valence electrons. The number of benzene rings is 1. The number of ether oxygens (including phenoxy) is 4. The Hall–Kier alpha value is -2.17. The van der Waals surface area contributed by atoms with E-state index < -0.39 is 11.6 Å². The van der Waals surface area contributed by atoms with Crippen LogP contribution in [-0.2, 0) is 9.53 Å². The van der Waals surface area contributed by atoms with Gasteiger partial charge in [0.15, 0.2) is 11.5 Å². The molecule has 0 atom stereocenters. The number of esters is 1. The number of carbonyl (C=O) groups excluding carboxylic acids is 1. The number of hydrogen-bond donors (Lipinski definition) is 0. The predicted octanol–water partition coefficient (Wildman–Crippen LogP) is 5.41. The zero-order chi connectivity index (χ0) is 20.3. The van der Waals surface area contributed by atoms with Crippen LogP contribution in [0, 0.1) is 0 Å². The van der Waals surface area contributed by atoms with Crippen molar-refractivity contribution in [3.05, 3.63) is 23.8 Å². The van der Waals surface area contributed by atoms with Gasteiger partial charge in [-0.2, -0.15) is 0 Å². The summed E-state index contributed by atoms with van der Waals surface area (Å²) in [4.78, 5) is 12.1. The standard InChI is InChI=1S/C22H34O5/c1-7-12-24-18-15-17(10-11-20(23)27-22(4,5)6)21(26-14-9-3)19(16-18)25-13-8-2/h10-11,15-16H,7-9,12-14H2,1-6H3. The Kier molecular flexibility index (Phi) is 9.76. The second-order valence-electron chi connectivity index (χ2n) is 7.25. The Balaban J connectivity index is 3.22. The molecule has 0 unspecified atom stereocenters. The molecule has 27 heavy (non-hydrogen) atoms. The summed E-state index contributed by atoms with van der Waals surface area (Å²) in [6, 6.07) is 3.71. The van der Waals surface area contributed by atoms with Crippen molar-refractivity contribution in [1.82, 2.24) is 0 Å². The van der Waals surface area contributed by atoms with E-state index in [0.717, 1.165) is 24.8 Å².